The van der Waals surface area contributed by atoms with Crippen molar-refractivity contribution in [3.8, 4) is 0 Å². The average molecular weight is 380 g/mol. The smallest absolute Gasteiger partial charge is 0.295 e. The van der Waals surface area contributed by atoms with Gasteiger partial charge in [-0.15, -0.1) is 5.10 Å². The molecule has 8 nitrogen and oxygen atoms in total. The Morgan fingerprint density at radius 1 is 1.00 bits per heavy atom. The van der Waals surface area contributed by atoms with Gasteiger partial charge in [-0.05, 0) is 44.5 Å². The van der Waals surface area contributed by atoms with Gasteiger partial charge in [0.15, 0.2) is 0 Å². The van der Waals surface area contributed by atoms with Crippen LogP contribution in [-0.4, -0.2) is 31.4 Å². The maximum absolute atomic E-state index is 12.7. The van der Waals surface area contributed by atoms with Gasteiger partial charge >= 0.3 is 0 Å². The highest BCUT2D eigenvalue weighted by molar-refractivity contribution is 6.03. The van der Waals surface area contributed by atoms with E-state index in [-0.39, 0.29) is 11.7 Å². The number of nitrogens with one attached hydrogen (secondary N) is 2. The normalized spacial score (nSPS) is 11.5. The topological polar surface area (TPSA) is 101 Å². The SMILES string of the molecule is Cc1cc(C)n2nc(C(=O)Nc3cc(NC(=O)C(C)(C)C)ccc3C)nc2n1. The molecule has 3 aromatic rings. The number of fused-ring (bicyclic) bond motifs is 1. The number of carbonyl (C=O) groups excluding carboxylic acids is 2. The second kappa shape index (κ2) is 7.03. The molecule has 8 heteroatoms. The summed E-state index contributed by atoms with van der Waals surface area (Å²) in [7, 11) is 0. The van der Waals surface area contributed by atoms with Gasteiger partial charge in [-0.25, -0.2) is 9.50 Å². The summed E-state index contributed by atoms with van der Waals surface area (Å²) >= 11 is 0. The van der Waals surface area contributed by atoms with E-state index < -0.39 is 11.3 Å². The fourth-order valence-corrected chi connectivity index (χ4v) is 2.59. The lowest BCUT2D eigenvalue weighted by atomic mass is 9.95. The van der Waals surface area contributed by atoms with Gasteiger partial charge in [-0.2, -0.15) is 4.98 Å². The third-order valence-corrected chi connectivity index (χ3v) is 4.25. The summed E-state index contributed by atoms with van der Waals surface area (Å²) in [5.41, 5.74) is 3.18. The zero-order valence-corrected chi connectivity index (χ0v) is 16.9. The molecule has 0 saturated carbocycles. The number of rotatable bonds is 3. The number of aromatic nitrogens is 4. The lowest BCUT2D eigenvalue weighted by Crippen LogP contribution is -2.27. The molecule has 0 radical (unpaired) electrons. The van der Waals surface area contributed by atoms with Crippen LogP contribution in [0.4, 0.5) is 11.4 Å². The second-order valence-electron chi connectivity index (χ2n) is 7.87. The fraction of sp³-hybridized carbons (Fsp3) is 0.350. The zero-order chi connectivity index (χ0) is 20.6. The summed E-state index contributed by atoms with van der Waals surface area (Å²) in [6.07, 6.45) is 0. The van der Waals surface area contributed by atoms with Crippen molar-refractivity contribution >= 4 is 29.0 Å². The van der Waals surface area contributed by atoms with Crippen LogP contribution in [0, 0.1) is 26.2 Å². The van der Waals surface area contributed by atoms with Gasteiger partial charge in [0.25, 0.3) is 11.7 Å². The molecule has 3 rings (SSSR count). The second-order valence-corrected chi connectivity index (χ2v) is 7.87. The molecule has 0 bridgehead atoms. The third-order valence-electron chi connectivity index (χ3n) is 4.25. The minimum absolute atomic E-state index is 0.0322. The van der Waals surface area contributed by atoms with Crippen LogP contribution in [0.3, 0.4) is 0 Å². The molecule has 0 aliphatic rings. The quantitative estimate of drug-likeness (QED) is 0.726. The Morgan fingerprint density at radius 3 is 2.39 bits per heavy atom. The number of amides is 2. The van der Waals surface area contributed by atoms with E-state index in [1.807, 2.05) is 53.7 Å². The lowest BCUT2D eigenvalue weighted by Gasteiger charge is -2.18. The monoisotopic (exact) mass is 380 g/mol. The van der Waals surface area contributed by atoms with Crippen molar-refractivity contribution in [1.82, 2.24) is 19.6 Å². The van der Waals surface area contributed by atoms with E-state index in [2.05, 4.69) is 25.7 Å². The van der Waals surface area contributed by atoms with Crippen molar-refractivity contribution in [3.05, 3.63) is 47.0 Å². The molecule has 1 aromatic carbocycles. The van der Waals surface area contributed by atoms with Crippen LogP contribution in [0.15, 0.2) is 24.3 Å². The molecule has 2 N–H and O–H groups in total. The van der Waals surface area contributed by atoms with Gasteiger partial charge in [0.2, 0.25) is 11.7 Å². The van der Waals surface area contributed by atoms with E-state index in [1.54, 1.807) is 12.1 Å². The first-order chi connectivity index (χ1) is 13.0. The van der Waals surface area contributed by atoms with E-state index >= 15 is 0 Å². The average Bonchev–Trinajstić information content (AvgIpc) is 3.01. The zero-order valence-electron chi connectivity index (χ0n) is 16.9. The molecule has 2 heterocycles. The van der Waals surface area contributed by atoms with Crippen molar-refractivity contribution in [2.24, 2.45) is 5.41 Å². The molecule has 0 atom stereocenters. The summed E-state index contributed by atoms with van der Waals surface area (Å²) in [5, 5.41) is 9.92. The standard InChI is InChI=1S/C20H24N6O2/c1-11-7-8-14(22-18(28)20(4,5)6)10-15(11)23-17(27)16-24-19-21-12(2)9-13(3)26(19)25-16/h7-10H,1-6H3,(H,22,28)(H,23,27). The Hall–Kier alpha value is -3.29. The van der Waals surface area contributed by atoms with E-state index in [9.17, 15) is 9.59 Å². The number of carbonyl (C=O) groups is 2. The predicted octanol–water partition coefficient (Wildman–Crippen LogP) is 3.29. The number of benzene rings is 1. The summed E-state index contributed by atoms with van der Waals surface area (Å²) in [5.74, 6) is -0.132. The van der Waals surface area contributed by atoms with Crippen LogP contribution >= 0.6 is 0 Å². The summed E-state index contributed by atoms with van der Waals surface area (Å²) in [6.45, 7) is 11.1. The maximum atomic E-state index is 12.7. The lowest BCUT2D eigenvalue weighted by molar-refractivity contribution is -0.123. The van der Waals surface area contributed by atoms with Crippen molar-refractivity contribution in [2.75, 3.05) is 10.6 Å². The van der Waals surface area contributed by atoms with Crippen molar-refractivity contribution in [2.45, 2.75) is 41.5 Å². The first kappa shape index (κ1) is 19.5. The van der Waals surface area contributed by atoms with E-state index in [1.165, 1.54) is 4.52 Å². The van der Waals surface area contributed by atoms with Crippen LogP contribution in [0.1, 0.15) is 48.3 Å². The highest BCUT2D eigenvalue weighted by Crippen LogP contribution is 2.23. The summed E-state index contributed by atoms with van der Waals surface area (Å²) < 4.78 is 1.54. The van der Waals surface area contributed by atoms with Crippen LogP contribution in [0.5, 0.6) is 0 Å². The maximum Gasteiger partial charge on any atom is 0.295 e. The van der Waals surface area contributed by atoms with Crippen molar-refractivity contribution in [3.63, 3.8) is 0 Å². The van der Waals surface area contributed by atoms with Gasteiger partial charge in [0.1, 0.15) is 0 Å². The molecule has 0 fully saturated rings. The number of aryl methyl sites for hydroxylation is 3. The van der Waals surface area contributed by atoms with Crippen LogP contribution in [0.25, 0.3) is 5.78 Å². The first-order valence-corrected chi connectivity index (χ1v) is 8.99. The Morgan fingerprint density at radius 2 is 1.71 bits per heavy atom. The van der Waals surface area contributed by atoms with Gasteiger partial charge in [0, 0.05) is 28.2 Å². The molecule has 0 unspecified atom stereocenters. The molecule has 146 valence electrons. The largest absolute Gasteiger partial charge is 0.326 e. The Labute approximate surface area is 163 Å². The van der Waals surface area contributed by atoms with Gasteiger partial charge in [-0.1, -0.05) is 26.8 Å². The Bertz CT molecular complexity index is 1080. The van der Waals surface area contributed by atoms with E-state index in [0.717, 1.165) is 17.0 Å². The van der Waals surface area contributed by atoms with Crippen LogP contribution < -0.4 is 10.6 Å². The molecule has 0 aliphatic carbocycles. The number of hydrogen-bond acceptors (Lipinski definition) is 5. The minimum Gasteiger partial charge on any atom is -0.326 e. The van der Waals surface area contributed by atoms with Crippen molar-refractivity contribution in [1.29, 1.82) is 0 Å². The van der Waals surface area contributed by atoms with Gasteiger partial charge in [-0.3, -0.25) is 9.59 Å². The first-order valence-electron chi connectivity index (χ1n) is 8.99. The number of hydrogen-bond donors (Lipinski definition) is 2. The number of nitrogens with zero attached hydrogens (tertiary/aromatic N) is 4. The highest BCUT2D eigenvalue weighted by Gasteiger charge is 2.22. The molecule has 28 heavy (non-hydrogen) atoms. The predicted molar refractivity (Wildman–Crippen MR) is 107 cm³/mol. The van der Waals surface area contributed by atoms with Crippen LogP contribution in [0.2, 0.25) is 0 Å². The Balaban J connectivity index is 1.85. The Kier molecular flexibility index (Phi) is 4.89. The molecular formula is C20H24N6O2. The summed E-state index contributed by atoms with van der Waals surface area (Å²) in [4.78, 5) is 33.4. The van der Waals surface area contributed by atoms with E-state index in [0.29, 0.717) is 17.2 Å². The van der Waals surface area contributed by atoms with Crippen molar-refractivity contribution < 1.29 is 9.59 Å². The number of anilines is 2. The molecular weight excluding hydrogens is 356 g/mol. The molecule has 0 aliphatic heterocycles. The minimum atomic E-state index is -0.516. The molecule has 0 saturated heterocycles. The third kappa shape index (κ3) is 4.00. The van der Waals surface area contributed by atoms with E-state index in [4.69, 9.17) is 0 Å². The molecule has 0 spiro atoms. The fourth-order valence-electron chi connectivity index (χ4n) is 2.59. The molecule has 2 amide bonds. The van der Waals surface area contributed by atoms with Crippen LogP contribution in [-0.2, 0) is 4.79 Å². The van der Waals surface area contributed by atoms with Gasteiger partial charge in [0.05, 0.1) is 0 Å². The summed E-state index contributed by atoms with van der Waals surface area (Å²) in [6, 6.07) is 7.23. The highest BCUT2D eigenvalue weighted by atomic mass is 16.2. The van der Waals surface area contributed by atoms with Gasteiger partial charge < -0.3 is 10.6 Å². The molecule has 2 aromatic heterocycles.